The van der Waals surface area contributed by atoms with Gasteiger partial charge in [-0.15, -0.1) is 11.3 Å². The van der Waals surface area contributed by atoms with E-state index in [0.29, 0.717) is 22.4 Å². The first kappa shape index (κ1) is 16.4. The minimum atomic E-state index is -0.303. The average Bonchev–Trinajstić information content (AvgIpc) is 3.22. The van der Waals surface area contributed by atoms with Gasteiger partial charge in [-0.2, -0.15) is 0 Å². The predicted molar refractivity (Wildman–Crippen MR) is 103 cm³/mol. The van der Waals surface area contributed by atoms with Crippen LogP contribution in [0.25, 0.3) is 22.4 Å². The Kier molecular flexibility index (Phi) is 4.47. The van der Waals surface area contributed by atoms with Gasteiger partial charge in [-0.3, -0.25) is 9.20 Å². The van der Waals surface area contributed by atoms with E-state index in [-0.39, 0.29) is 5.91 Å². The Labute approximate surface area is 157 Å². The Hall–Kier alpha value is -3.03. The SMILES string of the molecule is O=C(/C=C/c1c(Cl)nc2sccn12)Nc1cnc(-c2ccccc2)nc1. The molecule has 0 radical (unpaired) electrons. The number of benzene rings is 1. The predicted octanol–water partition coefficient (Wildman–Crippen LogP) is 4.16. The summed E-state index contributed by atoms with van der Waals surface area (Å²) in [6.45, 7) is 0. The fraction of sp³-hybridized carbons (Fsp3) is 0. The van der Waals surface area contributed by atoms with Crippen LogP contribution in [0.4, 0.5) is 5.69 Å². The monoisotopic (exact) mass is 381 g/mol. The first-order valence-corrected chi connectivity index (χ1v) is 8.94. The quantitative estimate of drug-likeness (QED) is 0.539. The number of fused-ring (bicyclic) bond motifs is 1. The van der Waals surface area contributed by atoms with Crippen molar-refractivity contribution in [3.8, 4) is 11.4 Å². The van der Waals surface area contributed by atoms with E-state index in [2.05, 4.69) is 20.3 Å². The Balaban J connectivity index is 1.46. The molecule has 0 spiro atoms. The first-order valence-electron chi connectivity index (χ1n) is 7.68. The molecule has 3 heterocycles. The Morgan fingerprint density at radius 3 is 2.73 bits per heavy atom. The number of nitrogens with zero attached hydrogens (tertiary/aromatic N) is 4. The van der Waals surface area contributed by atoms with E-state index in [0.717, 1.165) is 10.5 Å². The third kappa shape index (κ3) is 3.35. The van der Waals surface area contributed by atoms with E-state index in [4.69, 9.17) is 11.6 Å². The summed E-state index contributed by atoms with van der Waals surface area (Å²) in [5, 5.41) is 4.99. The maximum Gasteiger partial charge on any atom is 0.248 e. The lowest BCUT2D eigenvalue weighted by molar-refractivity contribution is -0.111. The van der Waals surface area contributed by atoms with Gasteiger partial charge in [0.2, 0.25) is 5.91 Å². The van der Waals surface area contributed by atoms with Gasteiger partial charge in [0.15, 0.2) is 15.9 Å². The summed E-state index contributed by atoms with van der Waals surface area (Å²) >= 11 is 7.58. The van der Waals surface area contributed by atoms with Crippen molar-refractivity contribution in [1.29, 1.82) is 0 Å². The van der Waals surface area contributed by atoms with Crippen molar-refractivity contribution in [2.75, 3.05) is 5.32 Å². The highest BCUT2D eigenvalue weighted by Crippen LogP contribution is 2.22. The van der Waals surface area contributed by atoms with Crippen LogP contribution in [-0.2, 0) is 4.79 Å². The highest BCUT2D eigenvalue weighted by atomic mass is 35.5. The number of amides is 1. The number of hydrogen-bond acceptors (Lipinski definition) is 5. The lowest BCUT2D eigenvalue weighted by Gasteiger charge is -2.03. The van der Waals surface area contributed by atoms with Crippen LogP contribution in [0.1, 0.15) is 5.69 Å². The first-order chi connectivity index (χ1) is 12.7. The fourth-order valence-corrected chi connectivity index (χ4v) is 3.40. The van der Waals surface area contributed by atoms with Crippen molar-refractivity contribution in [3.05, 3.63) is 71.2 Å². The van der Waals surface area contributed by atoms with Crippen LogP contribution in [0.15, 0.2) is 60.4 Å². The Morgan fingerprint density at radius 1 is 1.19 bits per heavy atom. The number of hydrogen-bond donors (Lipinski definition) is 1. The Bertz CT molecular complexity index is 1090. The van der Waals surface area contributed by atoms with Crippen molar-refractivity contribution in [3.63, 3.8) is 0 Å². The summed E-state index contributed by atoms with van der Waals surface area (Å²) in [7, 11) is 0. The van der Waals surface area contributed by atoms with Crippen LogP contribution in [0.3, 0.4) is 0 Å². The largest absolute Gasteiger partial charge is 0.320 e. The van der Waals surface area contributed by atoms with Gasteiger partial charge in [-0.25, -0.2) is 15.0 Å². The Morgan fingerprint density at radius 2 is 1.96 bits per heavy atom. The van der Waals surface area contributed by atoms with E-state index < -0.39 is 0 Å². The zero-order chi connectivity index (χ0) is 17.9. The molecule has 1 N–H and O–H groups in total. The molecule has 6 nitrogen and oxygen atoms in total. The topological polar surface area (TPSA) is 72.2 Å². The normalized spacial score (nSPS) is 11.3. The summed E-state index contributed by atoms with van der Waals surface area (Å²) in [6.07, 6.45) is 8.03. The second kappa shape index (κ2) is 7.07. The molecule has 128 valence electrons. The van der Waals surface area contributed by atoms with Gasteiger partial charge in [0, 0.05) is 23.2 Å². The molecule has 0 aliphatic carbocycles. The fourth-order valence-electron chi connectivity index (χ4n) is 2.39. The second-order valence-electron chi connectivity index (χ2n) is 5.33. The molecule has 1 aromatic carbocycles. The summed E-state index contributed by atoms with van der Waals surface area (Å²) < 4.78 is 1.83. The number of nitrogens with one attached hydrogen (secondary N) is 1. The van der Waals surface area contributed by atoms with Crippen molar-refractivity contribution in [2.45, 2.75) is 0 Å². The highest BCUT2D eigenvalue weighted by molar-refractivity contribution is 7.15. The van der Waals surface area contributed by atoms with E-state index in [1.54, 1.807) is 18.5 Å². The lowest BCUT2D eigenvalue weighted by Crippen LogP contribution is -2.08. The molecular weight excluding hydrogens is 370 g/mol. The molecule has 0 aliphatic heterocycles. The molecule has 0 atom stereocenters. The van der Waals surface area contributed by atoms with E-state index >= 15 is 0 Å². The third-order valence-electron chi connectivity index (χ3n) is 3.60. The van der Waals surface area contributed by atoms with Crippen LogP contribution in [-0.4, -0.2) is 25.3 Å². The van der Waals surface area contributed by atoms with Gasteiger partial charge in [-0.1, -0.05) is 41.9 Å². The van der Waals surface area contributed by atoms with Crippen molar-refractivity contribution in [1.82, 2.24) is 19.4 Å². The minimum absolute atomic E-state index is 0.303. The number of anilines is 1. The van der Waals surface area contributed by atoms with E-state index in [1.165, 1.54) is 17.4 Å². The molecule has 1 amide bonds. The molecule has 0 aliphatic rings. The average molecular weight is 382 g/mol. The number of carbonyl (C=O) groups excluding carboxylic acids is 1. The number of aromatic nitrogens is 4. The van der Waals surface area contributed by atoms with Gasteiger partial charge in [0.1, 0.15) is 0 Å². The van der Waals surface area contributed by atoms with Gasteiger partial charge in [-0.05, 0) is 6.08 Å². The van der Waals surface area contributed by atoms with Crippen molar-refractivity contribution in [2.24, 2.45) is 0 Å². The minimum Gasteiger partial charge on any atom is -0.320 e. The zero-order valence-corrected chi connectivity index (χ0v) is 14.9. The highest BCUT2D eigenvalue weighted by Gasteiger charge is 2.09. The molecule has 4 rings (SSSR count). The van der Waals surface area contributed by atoms with Crippen LogP contribution >= 0.6 is 22.9 Å². The molecule has 3 aromatic heterocycles. The number of rotatable bonds is 4. The lowest BCUT2D eigenvalue weighted by atomic mass is 10.2. The van der Waals surface area contributed by atoms with Crippen LogP contribution < -0.4 is 5.32 Å². The maximum atomic E-state index is 12.1. The van der Waals surface area contributed by atoms with Crippen molar-refractivity contribution >= 4 is 45.6 Å². The summed E-state index contributed by atoms with van der Waals surface area (Å²) in [4.78, 5) is 25.7. The molecule has 26 heavy (non-hydrogen) atoms. The number of thiazole rings is 1. The number of imidazole rings is 1. The van der Waals surface area contributed by atoms with E-state index in [9.17, 15) is 4.79 Å². The van der Waals surface area contributed by atoms with Crippen LogP contribution in [0.2, 0.25) is 5.15 Å². The summed E-state index contributed by atoms with van der Waals surface area (Å²) in [5.74, 6) is 0.298. The molecule has 4 aromatic rings. The second-order valence-corrected chi connectivity index (χ2v) is 6.56. The van der Waals surface area contributed by atoms with Crippen LogP contribution in [0, 0.1) is 0 Å². The van der Waals surface area contributed by atoms with Gasteiger partial charge >= 0.3 is 0 Å². The third-order valence-corrected chi connectivity index (χ3v) is 4.63. The summed E-state index contributed by atoms with van der Waals surface area (Å²) in [6, 6.07) is 9.63. The number of carbonyl (C=O) groups is 1. The van der Waals surface area contributed by atoms with Crippen LogP contribution in [0.5, 0.6) is 0 Å². The molecule has 8 heteroatoms. The summed E-state index contributed by atoms with van der Waals surface area (Å²) in [5.41, 5.74) is 2.09. The molecule has 0 saturated heterocycles. The molecule has 0 fully saturated rings. The molecule has 0 saturated carbocycles. The molecule has 0 bridgehead atoms. The van der Waals surface area contributed by atoms with Crippen molar-refractivity contribution < 1.29 is 4.79 Å². The zero-order valence-electron chi connectivity index (χ0n) is 13.3. The number of halogens is 1. The smallest absolute Gasteiger partial charge is 0.248 e. The molecular formula is C18H12ClN5OS. The van der Waals surface area contributed by atoms with Gasteiger partial charge in [0.25, 0.3) is 0 Å². The van der Waals surface area contributed by atoms with E-state index in [1.807, 2.05) is 46.3 Å². The molecule has 0 unspecified atom stereocenters. The van der Waals surface area contributed by atoms with Gasteiger partial charge < -0.3 is 5.32 Å². The van der Waals surface area contributed by atoms with Gasteiger partial charge in [0.05, 0.1) is 23.8 Å². The maximum absolute atomic E-state index is 12.1. The standard InChI is InChI=1S/C18H12ClN5OS/c19-16-14(24-8-9-26-18(24)23-16)6-7-15(25)22-13-10-20-17(21-11-13)12-4-2-1-3-5-12/h1-11H,(H,22,25)/b7-6+.